The summed E-state index contributed by atoms with van der Waals surface area (Å²) in [6, 6.07) is 12.0. The Bertz CT molecular complexity index is 996. The largest absolute Gasteiger partial charge is 0.353 e. The number of aromatic nitrogens is 3. The monoisotopic (exact) mass is 374 g/mol. The molecule has 3 heterocycles. The molecule has 0 atom stereocenters. The molecule has 1 aliphatic heterocycles. The lowest BCUT2D eigenvalue weighted by molar-refractivity contribution is 0.0952. The van der Waals surface area contributed by atoms with Crippen molar-refractivity contribution < 1.29 is 4.79 Å². The van der Waals surface area contributed by atoms with Crippen LogP contribution in [0, 0.1) is 0 Å². The summed E-state index contributed by atoms with van der Waals surface area (Å²) in [4.78, 5) is 30.7. The minimum atomic E-state index is -0.00123. The molecule has 1 saturated heterocycles. The SMILES string of the molecule is O=C(NC1CC1)c1cc(N2CCN(c3ncccn3)CC2)nc2ccccc12. The van der Waals surface area contributed by atoms with Crippen LogP contribution in [0.2, 0.25) is 0 Å². The molecule has 7 heteroatoms. The van der Waals surface area contributed by atoms with Crippen LogP contribution in [-0.2, 0) is 0 Å². The Hall–Kier alpha value is -3.22. The zero-order valence-corrected chi connectivity index (χ0v) is 15.6. The number of hydrogen-bond donors (Lipinski definition) is 1. The van der Waals surface area contributed by atoms with Crippen molar-refractivity contribution in [2.24, 2.45) is 0 Å². The lowest BCUT2D eigenvalue weighted by atomic mass is 10.1. The third-order valence-electron chi connectivity index (χ3n) is 5.30. The molecular weight excluding hydrogens is 352 g/mol. The van der Waals surface area contributed by atoms with Gasteiger partial charge in [0.15, 0.2) is 0 Å². The molecule has 0 unspecified atom stereocenters. The number of nitrogens with zero attached hydrogens (tertiary/aromatic N) is 5. The van der Waals surface area contributed by atoms with Crippen LogP contribution in [0.3, 0.4) is 0 Å². The van der Waals surface area contributed by atoms with E-state index in [-0.39, 0.29) is 5.91 Å². The lowest BCUT2D eigenvalue weighted by Crippen LogP contribution is -2.47. The minimum absolute atomic E-state index is 0.00123. The summed E-state index contributed by atoms with van der Waals surface area (Å²) in [6.07, 6.45) is 5.69. The number of amides is 1. The van der Waals surface area contributed by atoms with Crippen molar-refractivity contribution in [1.29, 1.82) is 0 Å². The van der Waals surface area contributed by atoms with Gasteiger partial charge in [0.1, 0.15) is 5.82 Å². The number of carbonyl (C=O) groups excluding carboxylic acids is 1. The van der Waals surface area contributed by atoms with E-state index in [2.05, 4.69) is 25.1 Å². The van der Waals surface area contributed by atoms with Gasteiger partial charge < -0.3 is 15.1 Å². The number of carbonyl (C=O) groups is 1. The van der Waals surface area contributed by atoms with E-state index < -0.39 is 0 Å². The maximum atomic E-state index is 12.8. The molecule has 2 fully saturated rings. The van der Waals surface area contributed by atoms with E-state index >= 15 is 0 Å². The van der Waals surface area contributed by atoms with Crippen molar-refractivity contribution >= 4 is 28.6 Å². The Balaban J connectivity index is 1.40. The molecule has 28 heavy (non-hydrogen) atoms. The number of piperazine rings is 1. The van der Waals surface area contributed by atoms with Gasteiger partial charge in [0.25, 0.3) is 5.91 Å². The average Bonchev–Trinajstić information content (AvgIpc) is 3.57. The summed E-state index contributed by atoms with van der Waals surface area (Å²) in [7, 11) is 0. The molecular formula is C21H22N6O. The molecule has 2 aliphatic rings. The molecule has 0 bridgehead atoms. The maximum absolute atomic E-state index is 12.8. The smallest absolute Gasteiger partial charge is 0.252 e. The summed E-state index contributed by atoms with van der Waals surface area (Å²) in [6.45, 7) is 3.27. The van der Waals surface area contributed by atoms with Crippen LogP contribution in [0.1, 0.15) is 23.2 Å². The highest BCUT2D eigenvalue weighted by Crippen LogP contribution is 2.26. The summed E-state index contributed by atoms with van der Waals surface area (Å²) in [5.74, 6) is 1.62. The molecule has 5 rings (SSSR count). The third kappa shape index (κ3) is 3.35. The number of pyridine rings is 1. The lowest BCUT2D eigenvalue weighted by Gasteiger charge is -2.35. The van der Waals surface area contributed by atoms with E-state index in [4.69, 9.17) is 4.98 Å². The van der Waals surface area contributed by atoms with Crippen molar-refractivity contribution in [3.63, 3.8) is 0 Å². The van der Waals surface area contributed by atoms with Gasteiger partial charge in [-0.2, -0.15) is 0 Å². The van der Waals surface area contributed by atoms with Crippen LogP contribution in [0.4, 0.5) is 11.8 Å². The van der Waals surface area contributed by atoms with Gasteiger partial charge in [-0.25, -0.2) is 15.0 Å². The molecule has 0 radical (unpaired) electrons. The van der Waals surface area contributed by atoms with Crippen LogP contribution < -0.4 is 15.1 Å². The summed E-state index contributed by atoms with van der Waals surface area (Å²) in [5, 5.41) is 4.01. The number of hydrogen-bond acceptors (Lipinski definition) is 6. The van der Waals surface area contributed by atoms with Gasteiger partial charge in [-0.3, -0.25) is 4.79 Å². The van der Waals surface area contributed by atoms with E-state index in [1.54, 1.807) is 12.4 Å². The molecule has 1 saturated carbocycles. The molecule has 7 nitrogen and oxygen atoms in total. The molecule has 2 aromatic heterocycles. The zero-order chi connectivity index (χ0) is 18.9. The number of benzene rings is 1. The van der Waals surface area contributed by atoms with Gasteiger partial charge in [-0.15, -0.1) is 0 Å². The highest BCUT2D eigenvalue weighted by molar-refractivity contribution is 6.07. The first-order valence-electron chi connectivity index (χ1n) is 9.75. The molecule has 1 amide bonds. The van der Waals surface area contributed by atoms with Gasteiger partial charge in [-0.05, 0) is 31.0 Å². The second-order valence-electron chi connectivity index (χ2n) is 7.32. The Morgan fingerprint density at radius 3 is 2.43 bits per heavy atom. The first kappa shape index (κ1) is 16.9. The normalized spacial score (nSPS) is 17.0. The molecule has 1 aliphatic carbocycles. The van der Waals surface area contributed by atoms with Crippen molar-refractivity contribution in [3.8, 4) is 0 Å². The van der Waals surface area contributed by atoms with Crippen molar-refractivity contribution in [3.05, 3.63) is 54.4 Å². The Kier molecular flexibility index (Phi) is 4.27. The Morgan fingerprint density at radius 1 is 0.964 bits per heavy atom. The van der Waals surface area contributed by atoms with Crippen molar-refractivity contribution in [1.82, 2.24) is 20.3 Å². The topological polar surface area (TPSA) is 74.2 Å². The van der Waals surface area contributed by atoms with Crippen molar-refractivity contribution in [2.45, 2.75) is 18.9 Å². The molecule has 3 aromatic rings. The summed E-state index contributed by atoms with van der Waals surface area (Å²) < 4.78 is 0. The molecule has 142 valence electrons. The van der Waals surface area contributed by atoms with E-state index in [9.17, 15) is 4.79 Å². The second kappa shape index (κ2) is 7.07. The standard InChI is InChI=1S/C21H22N6O/c28-20(24-15-6-7-15)17-14-19(25-18-5-2-1-4-16(17)18)26-10-12-27(13-11-26)21-22-8-3-9-23-21/h1-5,8-9,14-15H,6-7,10-13H2,(H,24,28). The van der Waals surface area contributed by atoms with E-state index in [0.29, 0.717) is 11.6 Å². The van der Waals surface area contributed by atoms with Crippen LogP contribution in [-0.4, -0.2) is 53.1 Å². The highest BCUT2D eigenvalue weighted by Gasteiger charge is 2.26. The van der Waals surface area contributed by atoms with Crippen LogP contribution in [0.5, 0.6) is 0 Å². The average molecular weight is 374 g/mol. The summed E-state index contributed by atoms with van der Waals surface area (Å²) in [5.41, 5.74) is 1.57. The van der Waals surface area contributed by atoms with Crippen LogP contribution >= 0.6 is 0 Å². The fourth-order valence-corrected chi connectivity index (χ4v) is 3.59. The fraction of sp³-hybridized carbons (Fsp3) is 0.333. The predicted octanol–water partition coefficient (Wildman–Crippen LogP) is 2.24. The maximum Gasteiger partial charge on any atom is 0.252 e. The van der Waals surface area contributed by atoms with Gasteiger partial charge in [0, 0.05) is 50.0 Å². The van der Waals surface area contributed by atoms with Gasteiger partial charge in [0.2, 0.25) is 5.95 Å². The number of anilines is 2. The Labute approximate surface area is 163 Å². The second-order valence-corrected chi connectivity index (χ2v) is 7.32. The zero-order valence-electron chi connectivity index (χ0n) is 15.6. The van der Waals surface area contributed by atoms with Gasteiger partial charge in [0.05, 0.1) is 11.1 Å². The van der Waals surface area contributed by atoms with Crippen LogP contribution in [0.15, 0.2) is 48.8 Å². The van der Waals surface area contributed by atoms with Crippen LogP contribution in [0.25, 0.3) is 10.9 Å². The Morgan fingerprint density at radius 2 is 1.68 bits per heavy atom. The predicted molar refractivity (Wildman–Crippen MR) is 109 cm³/mol. The summed E-state index contributed by atoms with van der Waals surface area (Å²) >= 11 is 0. The van der Waals surface area contributed by atoms with E-state index in [1.807, 2.05) is 36.4 Å². The first-order chi connectivity index (χ1) is 13.8. The molecule has 1 aromatic carbocycles. The molecule has 0 spiro atoms. The fourth-order valence-electron chi connectivity index (χ4n) is 3.59. The number of nitrogens with one attached hydrogen (secondary N) is 1. The quantitative estimate of drug-likeness (QED) is 0.755. The molecule has 1 N–H and O–H groups in total. The third-order valence-corrected chi connectivity index (χ3v) is 5.30. The minimum Gasteiger partial charge on any atom is -0.353 e. The highest BCUT2D eigenvalue weighted by atomic mass is 16.1. The first-order valence-corrected chi connectivity index (χ1v) is 9.75. The van der Waals surface area contributed by atoms with Crippen molar-refractivity contribution in [2.75, 3.05) is 36.0 Å². The van der Waals surface area contributed by atoms with Gasteiger partial charge >= 0.3 is 0 Å². The van der Waals surface area contributed by atoms with E-state index in [1.165, 1.54) is 0 Å². The number of rotatable bonds is 4. The number of fused-ring (bicyclic) bond motifs is 1. The van der Waals surface area contributed by atoms with Gasteiger partial charge in [-0.1, -0.05) is 18.2 Å². The number of para-hydroxylation sites is 1. The van der Waals surface area contributed by atoms with E-state index in [0.717, 1.165) is 61.7 Å².